The lowest BCUT2D eigenvalue weighted by Crippen LogP contribution is -2.28. The highest BCUT2D eigenvalue weighted by Crippen LogP contribution is 2.11. The number of nitrogens with two attached hydrogens (primary N) is 1. The van der Waals surface area contributed by atoms with E-state index < -0.39 is 0 Å². The zero-order chi connectivity index (χ0) is 13.8. The Balaban J connectivity index is 3.58. The van der Waals surface area contributed by atoms with Crippen LogP contribution in [0.1, 0.15) is 66.2 Å². The van der Waals surface area contributed by atoms with Gasteiger partial charge in [-0.1, -0.05) is 39.5 Å². The molecular weight excluding hydrogens is 226 g/mol. The van der Waals surface area contributed by atoms with Gasteiger partial charge < -0.3 is 15.2 Å². The maximum absolute atomic E-state index is 5.90. The molecule has 0 amide bonds. The first-order valence-corrected chi connectivity index (χ1v) is 7.58. The lowest BCUT2D eigenvalue weighted by molar-refractivity contribution is -0.0423. The van der Waals surface area contributed by atoms with Gasteiger partial charge in [0, 0.05) is 6.04 Å². The molecule has 3 heteroatoms. The molecule has 2 N–H and O–H groups in total. The quantitative estimate of drug-likeness (QED) is 0.546. The minimum absolute atomic E-state index is 0.100. The first-order chi connectivity index (χ1) is 8.60. The minimum Gasteiger partial charge on any atom is -0.376 e. The predicted octanol–water partition coefficient (Wildman–Crippen LogP) is 3.50. The summed E-state index contributed by atoms with van der Waals surface area (Å²) in [6, 6.07) is 0.100. The number of hydrogen-bond donors (Lipinski definition) is 1. The summed E-state index contributed by atoms with van der Waals surface area (Å²) in [7, 11) is 0. The lowest BCUT2D eigenvalue weighted by atomic mass is 10.1. The average molecular weight is 259 g/mol. The van der Waals surface area contributed by atoms with Gasteiger partial charge >= 0.3 is 0 Å². The summed E-state index contributed by atoms with van der Waals surface area (Å²) in [5, 5.41) is 0. The van der Waals surface area contributed by atoms with E-state index in [-0.39, 0.29) is 12.1 Å². The zero-order valence-electron chi connectivity index (χ0n) is 12.8. The molecule has 0 fully saturated rings. The summed E-state index contributed by atoms with van der Waals surface area (Å²) in [5.74, 6) is 0. The first kappa shape index (κ1) is 17.9. The van der Waals surface area contributed by atoms with Gasteiger partial charge in [0.1, 0.15) is 0 Å². The largest absolute Gasteiger partial charge is 0.376 e. The smallest absolute Gasteiger partial charge is 0.0781 e. The second-order valence-corrected chi connectivity index (χ2v) is 5.33. The van der Waals surface area contributed by atoms with Gasteiger partial charge in [0.05, 0.1) is 25.4 Å². The fourth-order valence-electron chi connectivity index (χ4n) is 1.84. The Morgan fingerprint density at radius 3 is 2.22 bits per heavy atom. The van der Waals surface area contributed by atoms with Gasteiger partial charge in [-0.2, -0.15) is 0 Å². The van der Waals surface area contributed by atoms with Crippen LogP contribution in [0.5, 0.6) is 0 Å². The second kappa shape index (κ2) is 11.9. The molecule has 3 nitrogen and oxygen atoms in total. The van der Waals surface area contributed by atoms with Gasteiger partial charge in [-0.25, -0.2) is 0 Å². The molecule has 0 radical (unpaired) electrons. The molecule has 0 aliphatic rings. The Morgan fingerprint density at radius 2 is 1.67 bits per heavy atom. The normalized spacial score (nSPS) is 16.5. The van der Waals surface area contributed by atoms with Crippen molar-refractivity contribution in [2.24, 2.45) is 5.73 Å². The van der Waals surface area contributed by atoms with Crippen LogP contribution in [0, 0.1) is 0 Å². The van der Waals surface area contributed by atoms with E-state index in [4.69, 9.17) is 15.2 Å². The van der Waals surface area contributed by atoms with E-state index in [1.807, 2.05) is 13.8 Å². The summed E-state index contributed by atoms with van der Waals surface area (Å²) in [6.07, 6.45) is 8.03. The Bertz CT molecular complexity index is 174. The van der Waals surface area contributed by atoms with Gasteiger partial charge in [-0.05, 0) is 26.7 Å². The molecule has 0 spiro atoms. The molecule has 0 bridgehead atoms. The van der Waals surface area contributed by atoms with Crippen molar-refractivity contribution in [3.63, 3.8) is 0 Å². The van der Waals surface area contributed by atoms with Gasteiger partial charge in [0.25, 0.3) is 0 Å². The van der Waals surface area contributed by atoms with Gasteiger partial charge in [-0.3, -0.25) is 0 Å². The highest BCUT2D eigenvalue weighted by atomic mass is 16.5. The van der Waals surface area contributed by atoms with Crippen molar-refractivity contribution < 1.29 is 9.47 Å². The third-order valence-electron chi connectivity index (χ3n) is 3.05. The maximum atomic E-state index is 5.90. The molecule has 0 aromatic carbocycles. The Morgan fingerprint density at radius 1 is 0.944 bits per heavy atom. The number of rotatable bonds is 12. The van der Waals surface area contributed by atoms with Gasteiger partial charge in [-0.15, -0.1) is 0 Å². The topological polar surface area (TPSA) is 44.5 Å². The van der Waals surface area contributed by atoms with E-state index in [1.54, 1.807) is 0 Å². The van der Waals surface area contributed by atoms with Gasteiger partial charge in [0.2, 0.25) is 0 Å². The fraction of sp³-hybridized carbons (Fsp3) is 1.00. The van der Waals surface area contributed by atoms with Crippen LogP contribution in [0.4, 0.5) is 0 Å². The molecule has 3 unspecified atom stereocenters. The van der Waals surface area contributed by atoms with Crippen molar-refractivity contribution in [3.05, 3.63) is 0 Å². The van der Waals surface area contributed by atoms with Crippen LogP contribution in [-0.4, -0.2) is 31.5 Å². The van der Waals surface area contributed by atoms with E-state index in [9.17, 15) is 0 Å². The minimum atomic E-state index is 0.100. The number of ether oxygens (including phenoxy) is 2. The van der Waals surface area contributed by atoms with E-state index >= 15 is 0 Å². The van der Waals surface area contributed by atoms with E-state index in [0.717, 1.165) is 6.42 Å². The molecular formula is C15H33NO2. The van der Waals surface area contributed by atoms with Crippen LogP contribution in [0.15, 0.2) is 0 Å². The number of hydrogen-bond acceptors (Lipinski definition) is 3. The second-order valence-electron chi connectivity index (χ2n) is 5.33. The Labute approximate surface area is 113 Å². The van der Waals surface area contributed by atoms with Crippen LogP contribution in [0.25, 0.3) is 0 Å². The summed E-state index contributed by atoms with van der Waals surface area (Å²) >= 11 is 0. The molecule has 0 aromatic heterocycles. The summed E-state index contributed by atoms with van der Waals surface area (Å²) < 4.78 is 11.5. The summed E-state index contributed by atoms with van der Waals surface area (Å²) in [4.78, 5) is 0. The first-order valence-electron chi connectivity index (χ1n) is 7.58. The predicted molar refractivity (Wildman–Crippen MR) is 77.9 cm³/mol. The van der Waals surface area contributed by atoms with E-state index in [1.165, 1.54) is 32.1 Å². The van der Waals surface area contributed by atoms with Crippen molar-refractivity contribution in [2.45, 2.75) is 84.5 Å². The number of unbranched alkanes of at least 4 members (excludes halogenated alkanes) is 3. The van der Waals surface area contributed by atoms with Crippen molar-refractivity contribution in [1.82, 2.24) is 0 Å². The van der Waals surface area contributed by atoms with Crippen molar-refractivity contribution in [3.8, 4) is 0 Å². The van der Waals surface area contributed by atoms with Gasteiger partial charge in [0.15, 0.2) is 0 Å². The molecule has 0 aliphatic carbocycles. The zero-order valence-corrected chi connectivity index (χ0v) is 12.8. The Hall–Kier alpha value is -0.120. The highest BCUT2D eigenvalue weighted by molar-refractivity contribution is 4.59. The third-order valence-corrected chi connectivity index (χ3v) is 3.05. The third kappa shape index (κ3) is 11.0. The molecule has 0 aliphatic heterocycles. The molecule has 0 heterocycles. The van der Waals surface area contributed by atoms with Crippen LogP contribution in [-0.2, 0) is 9.47 Å². The average Bonchev–Trinajstić information content (AvgIpc) is 2.35. The highest BCUT2D eigenvalue weighted by Gasteiger charge is 2.10. The fourth-order valence-corrected chi connectivity index (χ4v) is 1.84. The molecule has 110 valence electrons. The van der Waals surface area contributed by atoms with E-state index in [2.05, 4.69) is 13.8 Å². The molecule has 0 saturated heterocycles. The standard InChI is InChI=1S/C15H33NO2/c1-5-7-8-9-10-15(6-2)18-12-14(4)17-11-13(3)16/h13-15H,5-12,16H2,1-4H3. The van der Waals surface area contributed by atoms with Crippen molar-refractivity contribution in [2.75, 3.05) is 13.2 Å². The summed E-state index contributed by atoms with van der Waals surface area (Å²) in [6.45, 7) is 9.72. The molecule has 0 rings (SSSR count). The van der Waals surface area contributed by atoms with Crippen LogP contribution in [0.3, 0.4) is 0 Å². The maximum Gasteiger partial charge on any atom is 0.0781 e. The molecule has 0 aromatic rings. The molecule has 3 atom stereocenters. The molecule has 0 saturated carbocycles. The Kier molecular flexibility index (Phi) is 11.9. The molecule has 18 heavy (non-hydrogen) atoms. The summed E-state index contributed by atoms with van der Waals surface area (Å²) in [5.41, 5.74) is 5.65. The van der Waals surface area contributed by atoms with Crippen LogP contribution < -0.4 is 5.73 Å². The lowest BCUT2D eigenvalue weighted by Gasteiger charge is -2.20. The monoisotopic (exact) mass is 259 g/mol. The van der Waals surface area contributed by atoms with Crippen molar-refractivity contribution in [1.29, 1.82) is 0 Å². The van der Waals surface area contributed by atoms with Crippen molar-refractivity contribution >= 4 is 0 Å². The van der Waals surface area contributed by atoms with Crippen LogP contribution in [0.2, 0.25) is 0 Å². The van der Waals surface area contributed by atoms with E-state index in [0.29, 0.717) is 19.3 Å². The van der Waals surface area contributed by atoms with Crippen LogP contribution >= 0.6 is 0 Å². The SMILES string of the molecule is CCCCCCC(CC)OCC(C)OCC(C)N.